The van der Waals surface area contributed by atoms with Gasteiger partial charge in [0.15, 0.2) is 5.17 Å². The first-order valence-corrected chi connectivity index (χ1v) is 8.86. The number of halogens is 2. The highest BCUT2D eigenvalue weighted by Crippen LogP contribution is 2.76. The number of rotatable bonds is 3. The lowest BCUT2D eigenvalue weighted by Crippen LogP contribution is -2.37. The van der Waals surface area contributed by atoms with Crippen molar-refractivity contribution in [2.75, 3.05) is 0 Å². The molecule has 1 N–H and O–H groups in total. The van der Waals surface area contributed by atoms with E-state index in [1.807, 2.05) is 0 Å². The van der Waals surface area contributed by atoms with Crippen LogP contribution in [0.5, 0.6) is 0 Å². The van der Waals surface area contributed by atoms with Crippen LogP contribution in [-0.4, -0.2) is 27.5 Å². The predicted molar refractivity (Wildman–Crippen MR) is 82.5 cm³/mol. The molecule has 4 aliphatic rings. The van der Waals surface area contributed by atoms with E-state index in [0.717, 1.165) is 12.3 Å². The fourth-order valence-electron chi connectivity index (χ4n) is 4.59. The number of hydrogen-bond acceptors (Lipinski definition) is 3. The summed E-state index contributed by atoms with van der Waals surface area (Å²) >= 11 is 1.17. The highest BCUT2D eigenvalue weighted by Gasteiger charge is 2.70. The molecule has 1 spiro atoms. The van der Waals surface area contributed by atoms with Gasteiger partial charge in [0.25, 0.3) is 5.66 Å². The largest absolute Gasteiger partial charge is 0.304 e. The molecule has 6 unspecified atom stereocenters. The Morgan fingerprint density at radius 1 is 1.57 bits per heavy atom. The summed E-state index contributed by atoms with van der Waals surface area (Å²) in [6.45, 7) is 1.57. The van der Waals surface area contributed by atoms with Crippen molar-refractivity contribution in [3.05, 3.63) is 0 Å². The summed E-state index contributed by atoms with van der Waals surface area (Å²) in [6.07, 6.45) is 4.55. The summed E-state index contributed by atoms with van der Waals surface area (Å²) in [4.78, 5) is 16.7. The van der Waals surface area contributed by atoms with Gasteiger partial charge in [-0.3, -0.25) is 9.79 Å². The van der Waals surface area contributed by atoms with Gasteiger partial charge in [0.2, 0.25) is 5.91 Å². The Kier molecular flexibility index (Phi) is 2.87. The van der Waals surface area contributed by atoms with E-state index in [0.29, 0.717) is 22.5 Å². The molecule has 1 saturated heterocycles. The predicted octanol–water partition coefficient (Wildman–Crippen LogP) is 3.01. The third-order valence-corrected chi connectivity index (χ3v) is 7.20. The van der Waals surface area contributed by atoms with Crippen LogP contribution >= 0.6 is 21.0 Å². The molecule has 4 rings (SSSR count). The maximum absolute atomic E-state index is 13.2. The number of alkyl halides is 2. The van der Waals surface area contributed by atoms with E-state index in [9.17, 15) is 13.6 Å². The van der Waals surface area contributed by atoms with Crippen molar-refractivity contribution in [3.8, 4) is 0 Å². The van der Waals surface area contributed by atoms with Gasteiger partial charge in [-0.05, 0) is 49.9 Å². The van der Waals surface area contributed by atoms with Crippen molar-refractivity contribution >= 4 is 32.1 Å². The van der Waals surface area contributed by atoms with Crippen LogP contribution in [0.3, 0.4) is 0 Å². The van der Waals surface area contributed by atoms with Crippen LogP contribution in [0.2, 0.25) is 0 Å². The van der Waals surface area contributed by atoms with E-state index in [2.05, 4.69) is 5.32 Å². The number of aliphatic imine (C=N–C) groups is 1. The van der Waals surface area contributed by atoms with Gasteiger partial charge in [0.1, 0.15) is 4.75 Å². The number of thioether (sulfide) groups is 1. The van der Waals surface area contributed by atoms with Gasteiger partial charge >= 0.3 is 0 Å². The molecule has 0 radical (unpaired) electrons. The molecule has 116 valence electrons. The number of carbonyl (C=O) groups excluding carboxylic acids is 1. The Bertz CT molecular complexity index is 552. The SMILES string of the molecule is CC1(CC(F)(F)P)SC(=NC2CC3CCC34CC24)NC1=O. The van der Waals surface area contributed by atoms with Crippen molar-refractivity contribution in [1.82, 2.24) is 5.32 Å². The molecule has 1 aliphatic heterocycles. The lowest BCUT2D eigenvalue weighted by molar-refractivity contribution is -0.122. The molecule has 3 nitrogen and oxygen atoms in total. The summed E-state index contributed by atoms with van der Waals surface area (Å²) in [5, 5.41) is 3.26. The quantitative estimate of drug-likeness (QED) is 0.807. The van der Waals surface area contributed by atoms with Crippen LogP contribution in [0.25, 0.3) is 0 Å². The fraction of sp³-hybridized carbons (Fsp3) is 0.857. The average Bonchev–Trinajstić information content (AvgIpc) is 2.97. The number of nitrogens with one attached hydrogen (secondary N) is 1. The Morgan fingerprint density at radius 3 is 2.81 bits per heavy atom. The number of nitrogens with zero attached hydrogens (tertiary/aromatic N) is 1. The van der Waals surface area contributed by atoms with E-state index in [-0.39, 0.29) is 5.91 Å². The van der Waals surface area contributed by atoms with Crippen LogP contribution in [-0.2, 0) is 4.79 Å². The van der Waals surface area contributed by atoms with Gasteiger partial charge in [-0.1, -0.05) is 21.0 Å². The molecule has 3 saturated carbocycles. The van der Waals surface area contributed by atoms with Gasteiger partial charge in [0, 0.05) is 6.42 Å². The smallest absolute Gasteiger partial charge is 0.260 e. The van der Waals surface area contributed by atoms with E-state index in [1.54, 1.807) is 6.92 Å². The monoisotopic (exact) mass is 332 g/mol. The van der Waals surface area contributed by atoms with Crippen molar-refractivity contribution in [2.45, 2.75) is 55.5 Å². The minimum Gasteiger partial charge on any atom is -0.304 e. The Labute approximate surface area is 129 Å². The zero-order valence-electron chi connectivity index (χ0n) is 11.9. The van der Waals surface area contributed by atoms with Gasteiger partial charge in [-0.25, -0.2) is 8.78 Å². The minimum absolute atomic E-state index is 0.291. The second-order valence-electron chi connectivity index (χ2n) is 7.24. The first-order chi connectivity index (χ1) is 9.72. The van der Waals surface area contributed by atoms with Crippen LogP contribution in [0.4, 0.5) is 8.78 Å². The summed E-state index contributed by atoms with van der Waals surface area (Å²) in [5.74, 6) is 1.15. The van der Waals surface area contributed by atoms with Crippen LogP contribution in [0, 0.1) is 17.3 Å². The number of amides is 1. The van der Waals surface area contributed by atoms with Crippen molar-refractivity contribution < 1.29 is 13.6 Å². The van der Waals surface area contributed by atoms with Crippen LogP contribution in [0.1, 0.15) is 39.0 Å². The van der Waals surface area contributed by atoms with Crippen molar-refractivity contribution in [2.24, 2.45) is 22.2 Å². The zero-order valence-corrected chi connectivity index (χ0v) is 13.8. The van der Waals surface area contributed by atoms with E-state index >= 15 is 0 Å². The molecule has 1 amide bonds. The first-order valence-electron chi connectivity index (χ1n) is 7.47. The van der Waals surface area contributed by atoms with E-state index in [1.165, 1.54) is 40.3 Å². The fourth-order valence-corrected chi connectivity index (χ4v) is 6.31. The number of carbonyl (C=O) groups is 1. The Hall–Kier alpha value is -0.220. The topological polar surface area (TPSA) is 41.5 Å². The molecule has 7 heteroatoms. The van der Waals surface area contributed by atoms with Gasteiger partial charge < -0.3 is 5.32 Å². The zero-order chi connectivity index (χ0) is 15.0. The molecule has 21 heavy (non-hydrogen) atoms. The highest BCUT2D eigenvalue weighted by atomic mass is 32.2. The third-order valence-electron chi connectivity index (χ3n) is 5.82. The molecule has 4 fully saturated rings. The minimum atomic E-state index is -2.93. The first kappa shape index (κ1) is 14.4. The molecule has 0 aromatic heterocycles. The standard InChI is InChI=1S/C14H19F2N2OPS/c1-12(6-14(15,16)20)10(19)18-11(21-12)17-9-4-7-2-3-13(7)5-8(9)13/h7-9H,2-6,20H2,1H3,(H,17,18,19). The van der Waals surface area contributed by atoms with E-state index in [4.69, 9.17) is 4.99 Å². The summed E-state index contributed by atoms with van der Waals surface area (Å²) in [7, 11) is 1.52. The van der Waals surface area contributed by atoms with Crippen LogP contribution < -0.4 is 5.32 Å². The normalized spacial score (nSPS) is 49.6. The molecular weight excluding hydrogens is 313 g/mol. The lowest BCUT2D eigenvalue weighted by Gasteiger charge is -2.33. The second-order valence-corrected chi connectivity index (χ2v) is 9.58. The van der Waals surface area contributed by atoms with Crippen molar-refractivity contribution in [1.29, 1.82) is 0 Å². The summed E-state index contributed by atoms with van der Waals surface area (Å²) < 4.78 is 25.3. The van der Waals surface area contributed by atoms with Crippen molar-refractivity contribution in [3.63, 3.8) is 0 Å². The molecule has 6 atom stereocenters. The molecule has 3 aliphatic carbocycles. The molecular formula is C14H19F2N2OPS. The molecule has 0 aromatic carbocycles. The number of hydrogen-bond donors (Lipinski definition) is 1. The molecule has 1 heterocycles. The molecule has 0 bridgehead atoms. The van der Waals surface area contributed by atoms with Gasteiger partial charge in [0.05, 0.1) is 6.04 Å². The lowest BCUT2D eigenvalue weighted by atomic mass is 9.71. The number of amidine groups is 1. The Morgan fingerprint density at radius 2 is 2.33 bits per heavy atom. The maximum atomic E-state index is 13.2. The summed E-state index contributed by atoms with van der Waals surface area (Å²) in [5.41, 5.74) is -2.35. The average molecular weight is 332 g/mol. The van der Waals surface area contributed by atoms with E-state index < -0.39 is 16.8 Å². The van der Waals surface area contributed by atoms with Gasteiger partial charge in [-0.2, -0.15) is 0 Å². The maximum Gasteiger partial charge on any atom is 0.260 e. The second kappa shape index (κ2) is 4.19. The summed E-state index contributed by atoms with van der Waals surface area (Å²) in [6, 6.07) is 0.291. The van der Waals surface area contributed by atoms with Gasteiger partial charge in [-0.15, -0.1) is 0 Å². The van der Waals surface area contributed by atoms with Crippen LogP contribution in [0.15, 0.2) is 4.99 Å². The third kappa shape index (κ3) is 2.16. The highest BCUT2D eigenvalue weighted by molar-refractivity contribution is 8.16. The molecule has 0 aromatic rings. The Balaban J connectivity index is 1.48.